The molecular formula is C12H20O2. The van der Waals surface area contributed by atoms with Crippen LogP contribution in [-0.4, -0.2) is 12.6 Å². The third-order valence-corrected chi connectivity index (χ3v) is 3.08. The van der Waals surface area contributed by atoms with Gasteiger partial charge >= 0.3 is 5.97 Å². The largest absolute Gasteiger partial charge is 0.463 e. The summed E-state index contributed by atoms with van der Waals surface area (Å²) in [6, 6.07) is 0. The predicted molar refractivity (Wildman–Crippen MR) is 56.9 cm³/mol. The van der Waals surface area contributed by atoms with Crippen LogP contribution in [0.5, 0.6) is 0 Å². The second kappa shape index (κ2) is 5.18. The lowest BCUT2D eigenvalue weighted by Gasteiger charge is -2.27. The Morgan fingerprint density at radius 1 is 1.50 bits per heavy atom. The molecule has 2 atom stereocenters. The monoisotopic (exact) mass is 196 g/mol. The fourth-order valence-corrected chi connectivity index (χ4v) is 1.90. The first-order chi connectivity index (χ1) is 6.63. The summed E-state index contributed by atoms with van der Waals surface area (Å²) in [6.45, 7) is 6.84. The highest BCUT2D eigenvalue weighted by atomic mass is 16.5. The van der Waals surface area contributed by atoms with Gasteiger partial charge in [-0.15, -0.1) is 0 Å². The lowest BCUT2D eigenvalue weighted by atomic mass is 9.79. The van der Waals surface area contributed by atoms with Crippen LogP contribution >= 0.6 is 0 Å². The second-order valence-corrected chi connectivity index (χ2v) is 4.25. The first-order valence-corrected chi connectivity index (χ1v) is 5.49. The fraction of sp³-hybridized carbons (Fsp3) is 0.750. The van der Waals surface area contributed by atoms with Crippen LogP contribution in [0.15, 0.2) is 11.6 Å². The zero-order valence-corrected chi connectivity index (χ0v) is 9.38. The van der Waals surface area contributed by atoms with Crippen molar-refractivity contribution in [1.82, 2.24) is 0 Å². The van der Waals surface area contributed by atoms with Crippen molar-refractivity contribution in [3.63, 3.8) is 0 Å². The lowest BCUT2D eigenvalue weighted by molar-refractivity contribution is -0.137. The SMILES string of the molecule is CCOC(=O)C=C1CCC(C)C(C)C1. The van der Waals surface area contributed by atoms with E-state index in [1.54, 1.807) is 6.08 Å². The van der Waals surface area contributed by atoms with Crippen molar-refractivity contribution in [3.8, 4) is 0 Å². The van der Waals surface area contributed by atoms with E-state index in [4.69, 9.17) is 4.74 Å². The quantitative estimate of drug-likeness (QED) is 0.501. The first-order valence-electron chi connectivity index (χ1n) is 5.49. The molecular weight excluding hydrogens is 176 g/mol. The van der Waals surface area contributed by atoms with Crippen molar-refractivity contribution in [1.29, 1.82) is 0 Å². The second-order valence-electron chi connectivity index (χ2n) is 4.25. The first kappa shape index (κ1) is 11.3. The Morgan fingerprint density at radius 2 is 2.21 bits per heavy atom. The van der Waals surface area contributed by atoms with Gasteiger partial charge in [0.1, 0.15) is 0 Å². The molecule has 2 nitrogen and oxygen atoms in total. The molecule has 0 aromatic rings. The molecule has 0 amide bonds. The van der Waals surface area contributed by atoms with Crippen molar-refractivity contribution < 1.29 is 9.53 Å². The average molecular weight is 196 g/mol. The Labute approximate surface area is 86.3 Å². The molecule has 2 heteroatoms. The third kappa shape index (κ3) is 3.17. The molecule has 1 fully saturated rings. The van der Waals surface area contributed by atoms with Crippen molar-refractivity contribution in [2.24, 2.45) is 11.8 Å². The molecule has 0 spiro atoms. The van der Waals surface area contributed by atoms with E-state index in [1.165, 1.54) is 12.0 Å². The van der Waals surface area contributed by atoms with Crippen molar-refractivity contribution in [2.45, 2.75) is 40.0 Å². The van der Waals surface area contributed by atoms with E-state index in [0.717, 1.165) is 18.8 Å². The van der Waals surface area contributed by atoms with Gasteiger partial charge in [-0.05, 0) is 38.0 Å². The Kier molecular flexibility index (Phi) is 4.18. The van der Waals surface area contributed by atoms with Crippen molar-refractivity contribution in [2.75, 3.05) is 6.61 Å². The molecule has 0 heterocycles. The number of hydrogen-bond acceptors (Lipinski definition) is 2. The summed E-state index contributed by atoms with van der Waals surface area (Å²) in [5.41, 5.74) is 1.26. The normalized spacial score (nSPS) is 30.4. The summed E-state index contributed by atoms with van der Waals surface area (Å²) < 4.78 is 4.89. The minimum absolute atomic E-state index is 0.177. The van der Waals surface area contributed by atoms with Crippen LogP contribution in [0.3, 0.4) is 0 Å². The molecule has 0 aliphatic heterocycles. The molecule has 0 aromatic heterocycles. The van der Waals surface area contributed by atoms with Gasteiger partial charge in [-0.3, -0.25) is 0 Å². The zero-order valence-electron chi connectivity index (χ0n) is 9.38. The molecule has 0 radical (unpaired) electrons. The highest BCUT2D eigenvalue weighted by molar-refractivity contribution is 5.82. The third-order valence-electron chi connectivity index (χ3n) is 3.08. The number of esters is 1. The molecule has 1 rings (SSSR count). The summed E-state index contributed by atoms with van der Waals surface area (Å²) in [7, 11) is 0. The molecule has 0 saturated heterocycles. The number of ether oxygens (including phenoxy) is 1. The molecule has 0 N–H and O–H groups in total. The maximum Gasteiger partial charge on any atom is 0.330 e. The number of carbonyl (C=O) groups is 1. The molecule has 1 saturated carbocycles. The van der Waals surface area contributed by atoms with E-state index in [-0.39, 0.29) is 5.97 Å². The van der Waals surface area contributed by atoms with Gasteiger partial charge in [-0.2, -0.15) is 0 Å². The van der Waals surface area contributed by atoms with E-state index in [9.17, 15) is 4.79 Å². The summed E-state index contributed by atoms with van der Waals surface area (Å²) in [4.78, 5) is 11.2. The molecule has 0 bridgehead atoms. The minimum atomic E-state index is -0.177. The molecule has 1 aliphatic rings. The molecule has 0 aromatic carbocycles. The summed E-state index contributed by atoms with van der Waals surface area (Å²) >= 11 is 0. The highest BCUT2D eigenvalue weighted by Gasteiger charge is 2.20. The van der Waals surface area contributed by atoms with Gasteiger partial charge in [0.15, 0.2) is 0 Å². The predicted octanol–water partition coefficient (Wildman–Crippen LogP) is 2.93. The summed E-state index contributed by atoms with van der Waals surface area (Å²) in [5.74, 6) is 1.31. The van der Waals surface area contributed by atoms with Crippen molar-refractivity contribution >= 4 is 5.97 Å². The minimum Gasteiger partial charge on any atom is -0.463 e. The van der Waals surface area contributed by atoms with E-state index in [2.05, 4.69) is 13.8 Å². The van der Waals surface area contributed by atoms with Gasteiger partial charge in [0, 0.05) is 6.08 Å². The van der Waals surface area contributed by atoms with Gasteiger partial charge in [-0.25, -0.2) is 4.79 Å². The van der Waals surface area contributed by atoms with Crippen LogP contribution in [0.2, 0.25) is 0 Å². The average Bonchev–Trinajstić information content (AvgIpc) is 2.12. The number of carbonyl (C=O) groups excluding carboxylic acids is 1. The smallest absolute Gasteiger partial charge is 0.330 e. The van der Waals surface area contributed by atoms with Crippen LogP contribution in [0.1, 0.15) is 40.0 Å². The molecule has 14 heavy (non-hydrogen) atoms. The zero-order chi connectivity index (χ0) is 10.6. The van der Waals surface area contributed by atoms with E-state index in [0.29, 0.717) is 12.5 Å². The van der Waals surface area contributed by atoms with Crippen LogP contribution in [0.4, 0.5) is 0 Å². The standard InChI is InChI=1S/C12H20O2/c1-4-14-12(13)8-11-6-5-9(2)10(3)7-11/h8-10H,4-7H2,1-3H3. The number of hydrogen-bond donors (Lipinski definition) is 0. The van der Waals surface area contributed by atoms with Crippen molar-refractivity contribution in [3.05, 3.63) is 11.6 Å². The van der Waals surface area contributed by atoms with Gasteiger partial charge in [0.05, 0.1) is 6.61 Å². The summed E-state index contributed by atoms with van der Waals surface area (Å²) in [5, 5.41) is 0. The van der Waals surface area contributed by atoms with E-state index < -0.39 is 0 Å². The highest BCUT2D eigenvalue weighted by Crippen LogP contribution is 2.32. The molecule has 2 unspecified atom stereocenters. The Hall–Kier alpha value is -0.790. The van der Waals surface area contributed by atoms with Gasteiger partial charge in [0.2, 0.25) is 0 Å². The molecule has 80 valence electrons. The number of allylic oxidation sites excluding steroid dienone is 1. The van der Waals surface area contributed by atoms with Gasteiger partial charge in [-0.1, -0.05) is 19.4 Å². The maximum atomic E-state index is 11.2. The van der Waals surface area contributed by atoms with Crippen LogP contribution in [0, 0.1) is 11.8 Å². The van der Waals surface area contributed by atoms with Crippen LogP contribution in [0.25, 0.3) is 0 Å². The lowest BCUT2D eigenvalue weighted by Crippen LogP contribution is -2.16. The van der Waals surface area contributed by atoms with Gasteiger partial charge < -0.3 is 4.74 Å². The Bertz CT molecular complexity index is 230. The maximum absolute atomic E-state index is 11.2. The summed E-state index contributed by atoms with van der Waals surface area (Å²) in [6.07, 6.45) is 5.00. The fourth-order valence-electron chi connectivity index (χ4n) is 1.90. The Balaban J connectivity index is 2.49. The van der Waals surface area contributed by atoms with E-state index in [1.807, 2.05) is 6.92 Å². The van der Waals surface area contributed by atoms with Crippen LogP contribution in [-0.2, 0) is 9.53 Å². The topological polar surface area (TPSA) is 26.3 Å². The van der Waals surface area contributed by atoms with Crippen LogP contribution < -0.4 is 0 Å². The number of rotatable bonds is 2. The van der Waals surface area contributed by atoms with E-state index >= 15 is 0 Å². The van der Waals surface area contributed by atoms with Gasteiger partial charge in [0.25, 0.3) is 0 Å². The molecule has 1 aliphatic carbocycles. The Morgan fingerprint density at radius 3 is 2.79 bits per heavy atom.